The van der Waals surface area contributed by atoms with Crippen molar-refractivity contribution in [1.82, 2.24) is 9.97 Å². The van der Waals surface area contributed by atoms with E-state index < -0.39 is 0 Å². The van der Waals surface area contributed by atoms with E-state index in [1.54, 1.807) is 6.33 Å². The van der Waals surface area contributed by atoms with Crippen LogP contribution in [0.2, 0.25) is 0 Å². The molecule has 2 rings (SSSR count). The van der Waals surface area contributed by atoms with Crippen molar-refractivity contribution in [2.45, 2.75) is 19.8 Å². The van der Waals surface area contributed by atoms with Crippen LogP contribution in [-0.2, 0) is 0 Å². The van der Waals surface area contributed by atoms with Gasteiger partial charge in [0.2, 0.25) is 0 Å². The largest absolute Gasteiger partial charge is 0.240 e. The molecule has 0 fully saturated rings. The lowest BCUT2D eigenvalue weighted by atomic mass is 9.93. The van der Waals surface area contributed by atoms with Gasteiger partial charge in [-0.3, -0.25) is 0 Å². The van der Waals surface area contributed by atoms with Crippen molar-refractivity contribution in [1.29, 1.82) is 0 Å². The zero-order valence-corrected chi connectivity index (χ0v) is 10.0. The van der Waals surface area contributed by atoms with E-state index >= 15 is 0 Å². The fourth-order valence-electron chi connectivity index (χ4n) is 1.65. The van der Waals surface area contributed by atoms with Crippen LogP contribution in [0, 0.1) is 0 Å². The highest BCUT2D eigenvalue weighted by atomic mass is 31.0. The van der Waals surface area contributed by atoms with E-state index in [2.05, 4.69) is 33.1 Å². The molecule has 1 aromatic carbocycles. The fraction of sp³-hybridized carbons (Fsp3) is 0.273. The molecule has 2 aromatic rings. The Bertz CT molecular complexity index is 511. The molecular formula is C11H12BN2P. The number of hydrogen-bond donors (Lipinski definition) is 0. The molecule has 0 saturated carbocycles. The lowest BCUT2D eigenvalue weighted by Gasteiger charge is -2.10. The first-order valence-corrected chi connectivity index (χ1v) is 5.47. The number of hydrogen-bond acceptors (Lipinski definition) is 2. The minimum absolute atomic E-state index is 0.392. The van der Waals surface area contributed by atoms with Gasteiger partial charge in [-0.2, -0.15) is 0 Å². The molecule has 1 atom stereocenters. The molecule has 74 valence electrons. The van der Waals surface area contributed by atoms with Gasteiger partial charge in [0.25, 0.3) is 0 Å². The molecule has 1 heterocycles. The Balaban J connectivity index is 2.83. The lowest BCUT2D eigenvalue weighted by molar-refractivity contribution is 0.829. The molecule has 15 heavy (non-hydrogen) atoms. The summed E-state index contributed by atoms with van der Waals surface area (Å²) in [4.78, 5) is 8.59. The van der Waals surface area contributed by atoms with Gasteiger partial charge in [-0.25, -0.2) is 9.97 Å². The Morgan fingerprint density at radius 2 is 2.00 bits per heavy atom. The van der Waals surface area contributed by atoms with E-state index in [1.807, 2.05) is 12.1 Å². The topological polar surface area (TPSA) is 25.8 Å². The molecule has 1 unspecified atom stereocenters. The van der Waals surface area contributed by atoms with Crippen LogP contribution in [0.5, 0.6) is 0 Å². The molecule has 0 amide bonds. The molecule has 0 saturated heterocycles. The summed E-state index contributed by atoms with van der Waals surface area (Å²) in [5.41, 5.74) is 2.75. The lowest BCUT2D eigenvalue weighted by Crippen LogP contribution is -2.20. The molecule has 0 spiro atoms. The van der Waals surface area contributed by atoms with Crippen molar-refractivity contribution in [3.63, 3.8) is 0 Å². The Morgan fingerprint density at radius 3 is 2.67 bits per heavy atom. The van der Waals surface area contributed by atoms with Gasteiger partial charge in [-0.15, -0.1) is 9.24 Å². The average molecular weight is 214 g/mol. The van der Waals surface area contributed by atoms with E-state index in [0.717, 1.165) is 27.4 Å². The smallest absolute Gasteiger partial charge is 0.116 e. The monoisotopic (exact) mass is 214 g/mol. The fourth-order valence-corrected chi connectivity index (χ4v) is 1.97. The van der Waals surface area contributed by atoms with Crippen molar-refractivity contribution in [2.24, 2.45) is 0 Å². The van der Waals surface area contributed by atoms with Gasteiger partial charge in [-0.1, -0.05) is 31.4 Å². The number of benzene rings is 1. The molecule has 4 heteroatoms. The standard InChI is InChI=1S/C11H12BN2P/c1-6(2)9-7-3-4-8(12)11(15)10(7)14-5-13-9/h3-6H,15H2,1-2H3. The molecule has 0 N–H and O–H groups in total. The summed E-state index contributed by atoms with van der Waals surface area (Å²) < 4.78 is 0. The van der Waals surface area contributed by atoms with E-state index in [-0.39, 0.29) is 0 Å². The highest BCUT2D eigenvalue weighted by Crippen LogP contribution is 2.20. The number of aromatic nitrogens is 2. The third-order valence-corrected chi connectivity index (χ3v) is 3.06. The van der Waals surface area contributed by atoms with Crippen LogP contribution in [0.4, 0.5) is 0 Å². The Kier molecular flexibility index (Phi) is 2.75. The molecular weight excluding hydrogens is 202 g/mol. The minimum Gasteiger partial charge on any atom is -0.240 e. The quantitative estimate of drug-likeness (QED) is 0.523. The first kappa shape index (κ1) is 10.6. The third kappa shape index (κ3) is 1.77. The molecule has 0 bridgehead atoms. The number of nitrogens with zero attached hydrogens (tertiary/aromatic N) is 2. The predicted octanol–water partition coefficient (Wildman–Crippen LogP) is 1.05. The maximum absolute atomic E-state index is 5.83. The van der Waals surface area contributed by atoms with Gasteiger partial charge < -0.3 is 0 Å². The second-order valence-electron chi connectivity index (χ2n) is 3.88. The summed E-state index contributed by atoms with van der Waals surface area (Å²) in [6.07, 6.45) is 1.60. The SMILES string of the molecule is [B]c1ccc2c(C(C)C)ncnc2c1P. The highest BCUT2D eigenvalue weighted by Gasteiger charge is 2.09. The van der Waals surface area contributed by atoms with E-state index in [0.29, 0.717) is 5.92 Å². The molecule has 0 aliphatic carbocycles. The van der Waals surface area contributed by atoms with Gasteiger partial charge in [0.15, 0.2) is 0 Å². The molecule has 1 aromatic heterocycles. The first-order valence-electron chi connectivity index (χ1n) is 4.90. The summed E-state index contributed by atoms with van der Waals surface area (Å²) in [6, 6.07) is 3.90. The van der Waals surface area contributed by atoms with Gasteiger partial charge in [-0.05, 0) is 11.2 Å². The zero-order valence-electron chi connectivity index (χ0n) is 8.86. The van der Waals surface area contributed by atoms with Crippen LogP contribution < -0.4 is 10.8 Å². The van der Waals surface area contributed by atoms with E-state index in [1.165, 1.54) is 0 Å². The normalized spacial score (nSPS) is 11.2. The third-order valence-electron chi connectivity index (χ3n) is 2.46. The van der Waals surface area contributed by atoms with Crippen molar-refractivity contribution >= 4 is 38.8 Å². The predicted molar refractivity (Wildman–Crippen MR) is 68.4 cm³/mol. The van der Waals surface area contributed by atoms with Gasteiger partial charge in [0, 0.05) is 5.39 Å². The molecule has 0 aliphatic heterocycles. The van der Waals surface area contributed by atoms with Crippen LogP contribution in [0.15, 0.2) is 18.5 Å². The van der Waals surface area contributed by atoms with Gasteiger partial charge in [0.05, 0.1) is 11.2 Å². The second-order valence-corrected chi connectivity index (χ2v) is 4.46. The average Bonchev–Trinajstić information content (AvgIpc) is 2.23. The Hall–Kier alpha value is -0.945. The van der Waals surface area contributed by atoms with Crippen LogP contribution in [-0.4, -0.2) is 17.8 Å². The highest BCUT2D eigenvalue weighted by molar-refractivity contribution is 7.29. The number of fused-ring (bicyclic) bond motifs is 1. The second kappa shape index (κ2) is 3.90. The zero-order chi connectivity index (χ0) is 11.0. The maximum atomic E-state index is 5.83. The van der Waals surface area contributed by atoms with E-state index in [4.69, 9.17) is 7.85 Å². The summed E-state index contributed by atoms with van der Waals surface area (Å²) >= 11 is 0. The molecule has 2 nitrogen and oxygen atoms in total. The van der Waals surface area contributed by atoms with Crippen LogP contribution in [0.3, 0.4) is 0 Å². The van der Waals surface area contributed by atoms with Crippen LogP contribution >= 0.6 is 9.24 Å². The van der Waals surface area contributed by atoms with Crippen molar-refractivity contribution in [2.75, 3.05) is 0 Å². The van der Waals surface area contributed by atoms with Crippen molar-refractivity contribution in [3.05, 3.63) is 24.2 Å². The summed E-state index contributed by atoms with van der Waals surface area (Å²) in [5.74, 6) is 0.392. The summed E-state index contributed by atoms with van der Waals surface area (Å²) in [6.45, 7) is 4.25. The van der Waals surface area contributed by atoms with E-state index in [9.17, 15) is 0 Å². The first-order chi connectivity index (χ1) is 7.11. The molecule has 2 radical (unpaired) electrons. The maximum Gasteiger partial charge on any atom is 0.116 e. The van der Waals surface area contributed by atoms with Gasteiger partial charge >= 0.3 is 0 Å². The Morgan fingerprint density at radius 1 is 1.27 bits per heavy atom. The number of rotatable bonds is 1. The Labute approximate surface area is 93.1 Å². The van der Waals surface area contributed by atoms with Gasteiger partial charge in [0.1, 0.15) is 14.2 Å². The van der Waals surface area contributed by atoms with Crippen LogP contribution in [0.25, 0.3) is 10.9 Å². The molecule has 0 aliphatic rings. The van der Waals surface area contributed by atoms with Crippen molar-refractivity contribution in [3.8, 4) is 0 Å². The summed E-state index contributed by atoms with van der Waals surface area (Å²) in [7, 11) is 8.47. The van der Waals surface area contributed by atoms with Crippen LogP contribution in [0.1, 0.15) is 25.5 Å². The minimum atomic E-state index is 0.392. The van der Waals surface area contributed by atoms with Crippen molar-refractivity contribution < 1.29 is 0 Å². The summed E-state index contributed by atoms with van der Waals surface area (Å²) in [5, 5.41) is 2.04.